The summed E-state index contributed by atoms with van der Waals surface area (Å²) in [5.74, 6) is 0. The lowest BCUT2D eigenvalue weighted by molar-refractivity contribution is 0.0429. The summed E-state index contributed by atoms with van der Waals surface area (Å²) in [7, 11) is 0. The largest absolute Gasteiger partial charge is 0.389 e. The summed E-state index contributed by atoms with van der Waals surface area (Å²) in [6.07, 6.45) is 2.00. The molecule has 0 rings (SSSR count). The van der Waals surface area contributed by atoms with Crippen molar-refractivity contribution in [2.24, 2.45) is 0 Å². The lowest BCUT2D eigenvalue weighted by atomic mass is 10.3. The topological polar surface area (TPSA) is 41.5 Å². The predicted octanol–water partition coefficient (Wildman–Crippen LogP) is 0.773. The highest BCUT2D eigenvalue weighted by molar-refractivity contribution is 4.57. The molecule has 0 bridgehead atoms. The summed E-state index contributed by atoms with van der Waals surface area (Å²) in [6, 6.07) is 0. The third-order valence-electron chi connectivity index (χ3n) is 1.60. The number of hydrogen-bond acceptors (Lipinski definition) is 3. The van der Waals surface area contributed by atoms with E-state index in [1.807, 2.05) is 6.92 Å². The molecule has 0 saturated carbocycles. The molecule has 3 nitrogen and oxygen atoms in total. The van der Waals surface area contributed by atoms with Gasteiger partial charge in [-0.3, -0.25) is 0 Å². The van der Waals surface area contributed by atoms with E-state index in [2.05, 4.69) is 12.2 Å². The van der Waals surface area contributed by atoms with Gasteiger partial charge in [0.1, 0.15) is 0 Å². The molecule has 0 aliphatic rings. The SMILES string of the molecule is CCCCNCC(O)COCC. The molecule has 74 valence electrons. The van der Waals surface area contributed by atoms with E-state index >= 15 is 0 Å². The van der Waals surface area contributed by atoms with Crippen LogP contribution in [-0.4, -0.2) is 37.5 Å². The van der Waals surface area contributed by atoms with Crippen LogP contribution in [0, 0.1) is 0 Å². The van der Waals surface area contributed by atoms with Crippen molar-refractivity contribution in [3.8, 4) is 0 Å². The van der Waals surface area contributed by atoms with Crippen molar-refractivity contribution < 1.29 is 9.84 Å². The van der Waals surface area contributed by atoms with Crippen LogP contribution in [0.5, 0.6) is 0 Å². The summed E-state index contributed by atoms with van der Waals surface area (Å²) < 4.78 is 5.06. The first-order chi connectivity index (χ1) is 5.81. The smallest absolute Gasteiger partial charge is 0.0897 e. The molecule has 0 aliphatic carbocycles. The molecule has 0 heterocycles. The molecule has 0 aromatic carbocycles. The highest BCUT2D eigenvalue weighted by Crippen LogP contribution is 1.85. The molecular weight excluding hydrogens is 154 g/mol. The molecule has 0 radical (unpaired) electrons. The fourth-order valence-corrected chi connectivity index (χ4v) is 0.883. The van der Waals surface area contributed by atoms with Gasteiger partial charge in [-0.05, 0) is 19.9 Å². The van der Waals surface area contributed by atoms with Crippen molar-refractivity contribution in [3.63, 3.8) is 0 Å². The Bertz CT molecular complexity index is 88.6. The molecule has 2 N–H and O–H groups in total. The molecule has 0 aliphatic heterocycles. The number of ether oxygens (including phenoxy) is 1. The van der Waals surface area contributed by atoms with E-state index < -0.39 is 0 Å². The minimum Gasteiger partial charge on any atom is -0.389 e. The molecule has 0 aromatic rings. The van der Waals surface area contributed by atoms with Crippen molar-refractivity contribution in [2.75, 3.05) is 26.3 Å². The van der Waals surface area contributed by atoms with E-state index in [0.29, 0.717) is 19.8 Å². The molecule has 0 amide bonds. The van der Waals surface area contributed by atoms with Crippen LogP contribution in [0.3, 0.4) is 0 Å². The van der Waals surface area contributed by atoms with Crippen LogP contribution in [0.1, 0.15) is 26.7 Å². The van der Waals surface area contributed by atoms with E-state index in [0.717, 1.165) is 6.54 Å². The standard InChI is InChI=1S/C9H21NO2/c1-3-5-6-10-7-9(11)8-12-4-2/h9-11H,3-8H2,1-2H3. The molecule has 0 spiro atoms. The summed E-state index contributed by atoms with van der Waals surface area (Å²) in [5.41, 5.74) is 0. The molecule has 0 saturated heterocycles. The van der Waals surface area contributed by atoms with Gasteiger partial charge in [0.05, 0.1) is 12.7 Å². The van der Waals surface area contributed by atoms with Gasteiger partial charge in [0, 0.05) is 13.2 Å². The first-order valence-electron chi connectivity index (χ1n) is 4.77. The molecular formula is C9H21NO2. The number of hydrogen-bond donors (Lipinski definition) is 2. The number of aliphatic hydroxyl groups excluding tert-OH is 1. The van der Waals surface area contributed by atoms with E-state index in [9.17, 15) is 5.11 Å². The third-order valence-corrected chi connectivity index (χ3v) is 1.60. The fourth-order valence-electron chi connectivity index (χ4n) is 0.883. The van der Waals surface area contributed by atoms with Crippen molar-refractivity contribution in [1.29, 1.82) is 0 Å². The van der Waals surface area contributed by atoms with Gasteiger partial charge < -0.3 is 15.2 Å². The summed E-state index contributed by atoms with van der Waals surface area (Å²) in [4.78, 5) is 0. The quantitative estimate of drug-likeness (QED) is 0.535. The highest BCUT2D eigenvalue weighted by Gasteiger charge is 2.01. The second-order valence-electron chi connectivity index (χ2n) is 2.87. The van der Waals surface area contributed by atoms with Gasteiger partial charge in [-0.15, -0.1) is 0 Å². The normalized spacial score (nSPS) is 13.2. The summed E-state index contributed by atoms with van der Waals surface area (Å²) in [5, 5.41) is 12.5. The molecule has 1 unspecified atom stereocenters. The monoisotopic (exact) mass is 175 g/mol. The Morgan fingerprint density at radius 2 is 2.17 bits per heavy atom. The maximum atomic E-state index is 9.29. The van der Waals surface area contributed by atoms with E-state index in [1.165, 1.54) is 12.8 Å². The summed E-state index contributed by atoms with van der Waals surface area (Å²) >= 11 is 0. The molecule has 12 heavy (non-hydrogen) atoms. The second kappa shape index (κ2) is 8.97. The lowest BCUT2D eigenvalue weighted by Crippen LogP contribution is -2.30. The Morgan fingerprint density at radius 1 is 1.42 bits per heavy atom. The summed E-state index contributed by atoms with van der Waals surface area (Å²) in [6.45, 7) is 6.82. The Labute approximate surface area is 75.1 Å². The maximum Gasteiger partial charge on any atom is 0.0897 e. The Morgan fingerprint density at radius 3 is 2.75 bits per heavy atom. The molecule has 0 fully saturated rings. The first kappa shape index (κ1) is 11.9. The molecule has 3 heteroatoms. The Kier molecular flexibility index (Phi) is 8.88. The van der Waals surface area contributed by atoms with Gasteiger partial charge in [0.15, 0.2) is 0 Å². The fraction of sp³-hybridized carbons (Fsp3) is 1.00. The van der Waals surface area contributed by atoms with Crippen LogP contribution in [0.25, 0.3) is 0 Å². The van der Waals surface area contributed by atoms with Crippen LogP contribution < -0.4 is 5.32 Å². The van der Waals surface area contributed by atoms with Crippen molar-refractivity contribution in [2.45, 2.75) is 32.8 Å². The van der Waals surface area contributed by atoms with Gasteiger partial charge in [-0.1, -0.05) is 13.3 Å². The van der Waals surface area contributed by atoms with Gasteiger partial charge >= 0.3 is 0 Å². The molecule has 0 aromatic heterocycles. The first-order valence-corrected chi connectivity index (χ1v) is 4.77. The minimum atomic E-state index is -0.359. The van der Waals surface area contributed by atoms with Gasteiger partial charge in [-0.25, -0.2) is 0 Å². The zero-order chi connectivity index (χ0) is 9.23. The number of unbranched alkanes of at least 4 members (excludes halogenated alkanes) is 1. The van der Waals surface area contributed by atoms with Gasteiger partial charge in [0.25, 0.3) is 0 Å². The number of rotatable bonds is 8. The minimum absolute atomic E-state index is 0.359. The van der Waals surface area contributed by atoms with Gasteiger partial charge in [0.2, 0.25) is 0 Å². The highest BCUT2D eigenvalue weighted by atomic mass is 16.5. The van der Waals surface area contributed by atoms with Crippen molar-refractivity contribution >= 4 is 0 Å². The number of aliphatic hydroxyl groups is 1. The predicted molar refractivity (Wildman–Crippen MR) is 50.3 cm³/mol. The Balaban J connectivity index is 3.02. The maximum absolute atomic E-state index is 9.29. The van der Waals surface area contributed by atoms with Crippen LogP contribution in [0.2, 0.25) is 0 Å². The van der Waals surface area contributed by atoms with Crippen molar-refractivity contribution in [3.05, 3.63) is 0 Å². The van der Waals surface area contributed by atoms with Gasteiger partial charge in [-0.2, -0.15) is 0 Å². The average molecular weight is 175 g/mol. The van der Waals surface area contributed by atoms with Crippen LogP contribution in [0.15, 0.2) is 0 Å². The van der Waals surface area contributed by atoms with E-state index in [-0.39, 0.29) is 6.10 Å². The van der Waals surface area contributed by atoms with E-state index in [4.69, 9.17) is 4.74 Å². The van der Waals surface area contributed by atoms with E-state index in [1.54, 1.807) is 0 Å². The van der Waals surface area contributed by atoms with Crippen LogP contribution in [0.4, 0.5) is 0 Å². The third kappa shape index (κ3) is 7.98. The zero-order valence-electron chi connectivity index (χ0n) is 8.18. The zero-order valence-corrected chi connectivity index (χ0v) is 8.18. The van der Waals surface area contributed by atoms with Crippen molar-refractivity contribution in [1.82, 2.24) is 5.32 Å². The lowest BCUT2D eigenvalue weighted by Gasteiger charge is -2.10. The van der Waals surface area contributed by atoms with Crippen LogP contribution >= 0.6 is 0 Å². The average Bonchev–Trinajstić information content (AvgIpc) is 2.09. The molecule has 1 atom stereocenters. The second-order valence-corrected chi connectivity index (χ2v) is 2.87. The Hall–Kier alpha value is -0.120. The van der Waals surface area contributed by atoms with Crippen LogP contribution in [-0.2, 0) is 4.74 Å². The number of nitrogens with one attached hydrogen (secondary N) is 1.